The van der Waals surface area contributed by atoms with Crippen molar-refractivity contribution in [3.8, 4) is 0 Å². The normalized spacial score (nSPS) is 16.6. The molecule has 0 saturated heterocycles. The van der Waals surface area contributed by atoms with Gasteiger partial charge in [0.15, 0.2) is 0 Å². The molecule has 1 aliphatic carbocycles. The van der Waals surface area contributed by atoms with E-state index in [1.54, 1.807) is 12.1 Å². The zero-order valence-corrected chi connectivity index (χ0v) is 15.8. The number of nitrogens with zero attached hydrogens (tertiary/aromatic N) is 3. The van der Waals surface area contributed by atoms with E-state index in [4.69, 9.17) is 11.6 Å². The summed E-state index contributed by atoms with van der Waals surface area (Å²) < 4.78 is 76.9. The first-order chi connectivity index (χ1) is 13.9. The summed E-state index contributed by atoms with van der Waals surface area (Å²) in [6.45, 7) is -0.347. The van der Waals surface area contributed by atoms with Gasteiger partial charge in [0.1, 0.15) is 10.7 Å². The van der Waals surface area contributed by atoms with E-state index < -0.39 is 29.0 Å². The van der Waals surface area contributed by atoms with Crippen molar-refractivity contribution in [3.05, 3.63) is 45.7 Å². The molecule has 160 valence electrons. The van der Waals surface area contributed by atoms with Crippen LogP contribution in [0.3, 0.4) is 0 Å². The largest absolute Gasteiger partial charge is 0.471 e. The Morgan fingerprint density at radius 1 is 1.13 bits per heavy atom. The molecule has 1 N–H and O–H groups in total. The Balaban J connectivity index is 1.64. The van der Waals surface area contributed by atoms with Crippen LogP contribution in [0.1, 0.15) is 41.0 Å². The highest BCUT2D eigenvalue weighted by Crippen LogP contribution is 2.48. The molecule has 1 amide bonds. The molecule has 4 rings (SSSR count). The van der Waals surface area contributed by atoms with E-state index in [-0.39, 0.29) is 25.0 Å². The Kier molecular flexibility index (Phi) is 4.83. The van der Waals surface area contributed by atoms with E-state index in [9.17, 15) is 31.1 Å². The predicted molar refractivity (Wildman–Crippen MR) is 94.1 cm³/mol. The van der Waals surface area contributed by atoms with Gasteiger partial charge in [0.2, 0.25) is 5.95 Å². The average molecular weight is 451 g/mol. The SMILES string of the molecule is O=C(N1Cc2ccc(Nc3ncc(C(F)(F)F)c(Cl)n3)c(C3CC3)c2C1)C(F)(F)F. The molecule has 12 heteroatoms. The molecule has 1 aliphatic heterocycles. The summed E-state index contributed by atoms with van der Waals surface area (Å²) in [6, 6.07) is 3.18. The fraction of sp³-hybridized carbons (Fsp3) is 0.389. The molecule has 0 radical (unpaired) electrons. The third kappa shape index (κ3) is 3.90. The summed E-state index contributed by atoms with van der Waals surface area (Å²) in [5.74, 6) is -2.00. The number of fused-ring (bicyclic) bond motifs is 1. The van der Waals surface area contributed by atoms with Crippen molar-refractivity contribution in [2.75, 3.05) is 5.32 Å². The lowest BCUT2D eigenvalue weighted by Crippen LogP contribution is -2.37. The summed E-state index contributed by atoms with van der Waals surface area (Å²) in [7, 11) is 0. The summed E-state index contributed by atoms with van der Waals surface area (Å²) in [5.41, 5.74) is 1.23. The van der Waals surface area contributed by atoms with Gasteiger partial charge in [-0.2, -0.15) is 26.3 Å². The van der Waals surface area contributed by atoms with E-state index >= 15 is 0 Å². The number of anilines is 2. The number of carbonyl (C=O) groups excluding carboxylic acids is 1. The molecule has 1 aromatic carbocycles. The Morgan fingerprint density at radius 3 is 2.40 bits per heavy atom. The van der Waals surface area contributed by atoms with Crippen molar-refractivity contribution in [3.63, 3.8) is 0 Å². The van der Waals surface area contributed by atoms with Crippen LogP contribution in [0, 0.1) is 0 Å². The Hall–Kier alpha value is -2.56. The molecule has 2 aliphatic rings. The zero-order chi connectivity index (χ0) is 21.8. The highest BCUT2D eigenvalue weighted by atomic mass is 35.5. The van der Waals surface area contributed by atoms with Gasteiger partial charge in [-0.1, -0.05) is 17.7 Å². The lowest BCUT2D eigenvalue weighted by Gasteiger charge is -2.17. The fourth-order valence-corrected chi connectivity index (χ4v) is 3.74. The van der Waals surface area contributed by atoms with Crippen molar-refractivity contribution in [2.45, 2.75) is 44.2 Å². The monoisotopic (exact) mass is 450 g/mol. The molecule has 0 bridgehead atoms. The number of rotatable bonds is 3. The number of aromatic nitrogens is 2. The van der Waals surface area contributed by atoms with Gasteiger partial charge in [-0.15, -0.1) is 0 Å². The molecule has 30 heavy (non-hydrogen) atoms. The van der Waals surface area contributed by atoms with Gasteiger partial charge in [0, 0.05) is 25.0 Å². The zero-order valence-electron chi connectivity index (χ0n) is 15.0. The maximum absolute atomic E-state index is 12.8. The van der Waals surface area contributed by atoms with Crippen LogP contribution in [-0.2, 0) is 24.1 Å². The summed E-state index contributed by atoms with van der Waals surface area (Å²) in [4.78, 5) is 19.6. The van der Waals surface area contributed by atoms with Gasteiger partial charge >= 0.3 is 18.3 Å². The van der Waals surface area contributed by atoms with Gasteiger partial charge in [-0.3, -0.25) is 4.79 Å². The fourth-order valence-electron chi connectivity index (χ4n) is 3.50. The second kappa shape index (κ2) is 7.00. The molecular weight excluding hydrogens is 438 g/mol. The predicted octanol–water partition coefficient (Wildman–Crippen LogP) is 5.17. The van der Waals surface area contributed by atoms with Crippen LogP contribution >= 0.6 is 11.6 Å². The minimum absolute atomic E-state index is 0.0771. The number of benzene rings is 1. The van der Waals surface area contributed by atoms with Crippen LogP contribution in [0.5, 0.6) is 0 Å². The lowest BCUT2D eigenvalue weighted by molar-refractivity contribution is -0.186. The van der Waals surface area contributed by atoms with E-state index in [0.29, 0.717) is 23.0 Å². The molecule has 0 spiro atoms. The first-order valence-electron chi connectivity index (χ1n) is 8.82. The van der Waals surface area contributed by atoms with Crippen molar-refractivity contribution in [2.24, 2.45) is 0 Å². The van der Waals surface area contributed by atoms with E-state index in [0.717, 1.165) is 23.3 Å². The van der Waals surface area contributed by atoms with Crippen LogP contribution in [0.2, 0.25) is 5.15 Å². The minimum Gasteiger partial charge on any atom is -0.326 e. The number of carbonyl (C=O) groups is 1. The molecule has 1 aromatic heterocycles. The van der Waals surface area contributed by atoms with E-state index in [2.05, 4.69) is 15.3 Å². The number of nitrogens with one attached hydrogen (secondary N) is 1. The molecular formula is C18H13ClF6N4O. The Morgan fingerprint density at radius 2 is 1.83 bits per heavy atom. The van der Waals surface area contributed by atoms with Crippen LogP contribution in [0.25, 0.3) is 0 Å². The number of hydrogen-bond acceptors (Lipinski definition) is 4. The second-order valence-corrected chi connectivity index (χ2v) is 7.48. The quantitative estimate of drug-likeness (QED) is 0.517. The second-order valence-electron chi connectivity index (χ2n) is 7.12. The number of alkyl halides is 6. The van der Waals surface area contributed by atoms with Crippen molar-refractivity contribution in [1.29, 1.82) is 0 Å². The standard InChI is InChI=1S/C18H13ClF6N4O/c19-14-11(17(20,21)22)5-26-16(28-14)27-12-4-3-9-6-29(15(30)18(23,24)25)7-10(9)13(12)8-1-2-8/h3-5,8H,1-2,6-7H2,(H,26,27,28). The van der Waals surface area contributed by atoms with Gasteiger partial charge in [0.25, 0.3) is 0 Å². The van der Waals surface area contributed by atoms with E-state index in [1.165, 1.54) is 0 Å². The first-order valence-corrected chi connectivity index (χ1v) is 9.20. The van der Waals surface area contributed by atoms with Crippen molar-refractivity contribution in [1.82, 2.24) is 14.9 Å². The number of halogens is 7. The number of hydrogen-bond donors (Lipinski definition) is 1. The third-order valence-corrected chi connectivity index (χ3v) is 5.26. The Bertz CT molecular complexity index is 1020. The smallest absolute Gasteiger partial charge is 0.326 e. The highest BCUT2D eigenvalue weighted by Gasteiger charge is 2.45. The van der Waals surface area contributed by atoms with Gasteiger partial charge in [0.05, 0.1) is 0 Å². The molecule has 5 nitrogen and oxygen atoms in total. The lowest BCUT2D eigenvalue weighted by atomic mass is 9.97. The highest BCUT2D eigenvalue weighted by molar-refractivity contribution is 6.30. The van der Waals surface area contributed by atoms with Crippen LogP contribution in [0.4, 0.5) is 38.0 Å². The van der Waals surface area contributed by atoms with Crippen LogP contribution in [0.15, 0.2) is 18.3 Å². The average Bonchev–Trinajstić information content (AvgIpc) is 3.36. The van der Waals surface area contributed by atoms with Crippen molar-refractivity contribution < 1.29 is 31.1 Å². The molecule has 2 heterocycles. The number of amides is 1. The summed E-state index contributed by atoms with van der Waals surface area (Å²) in [5, 5.41) is 2.05. The van der Waals surface area contributed by atoms with Crippen molar-refractivity contribution >= 4 is 29.1 Å². The van der Waals surface area contributed by atoms with Crippen LogP contribution < -0.4 is 5.32 Å². The van der Waals surface area contributed by atoms with E-state index in [1.807, 2.05) is 0 Å². The third-order valence-electron chi connectivity index (χ3n) is 4.97. The topological polar surface area (TPSA) is 58.1 Å². The Labute approximate surface area is 171 Å². The summed E-state index contributed by atoms with van der Waals surface area (Å²) >= 11 is 5.62. The first kappa shape index (κ1) is 20.7. The van der Waals surface area contributed by atoms with Gasteiger partial charge in [-0.25, -0.2) is 9.97 Å². The molecule has 1 fully saturated rings. The minimum atomic E-state index is -4.96. The maximum Gasteiger partial charge on any atom is 0.471 e. The summed E-state index contributed by atoms with van der Waals surface area (Å²) in [6.07, 6.45) is -7.48. The maximum atomic E-state index is 12.8. The van der Waals surface area contributed by atoms with Gasteiger partial charge in [-0.05, 0) is 41.5 Å². The van der Waals surface area contributed by atoms with Gasteiger partial charge < -0.3 is 10.2 Å². The molecule has 1 saturated carbocycles. The van der Waals surface area contributed by atoms with Crippen LogP contribution in [-0.4, -0.2) is 27.0 Å². The molecule has 2 aromatic rings. The molecule has 0 unspecified atom stereocenters. The molecule has 0 atom stereocenters.